The van der Waals surface area contributed by atoms with Crippen LogP contribution < -0.4 is 20.0 Å². The summed E-state index contributed by atoms with van der Waals surface area (Å²) in [5.74, 6) is 1.09. The Balaban J connectivity index is 1.19. The summed E-state index contributed by atoms with van der Waals surface area (Å²) in [6, 6.07) is 17.7. The van der Waals surface area contributed by atoms with Gasteiger partial charge in [-0.15, -0.1) is 0 Å². The van der Waals surface area contributed by atoms with Crippen molar-refractivity contribution in [2.24, 2.45) is 0 Å². The standard InChI is InChI=1S/C32H40F3N7O2/c1-23(32(33,34)35)44-29-20-26(40-13-10-25(11-14-40)41-17-15-39(2)16-18-41)8-9-27(29)38-30-21-31(37-22-36-30)42-28(12-19-43-42)24-6-4-3-5-7-24/h3-9,20-23,25,28H,10-19H2,1-2H3,(H,36,37,38)/t23?,28-/m1/s1. The summed E-state index contributed by atoms with van der Waals surface area (Å²) in [5, 5.41) is 4.94. The Bertz CT molecular complexity index is 1380. The van der Waals surface area contributed by atoms with Gasteiger partial charge in [0.25, 0.3) is 0 Å². The van der Waals surface area contributed by atoms with E-state index in [9.17, 15) is 13.2 Å². The molecule has 1 N–H and O–H groups in total. The zero-order valence-corrected chi connectivity index (χ0v) is 25.2. The summed E-state index contributed by atoms with van der Waals surface area (Å²) in [6.45, 7) is 7.58. The number of benzene rings is 2. The second-order valence-electron chi connectivity index (χ2n) is 11.8. The second kappa shape index (κ2) is 13.2. The molecule has 1 aromatic heterocycles. The molecule has 3 aromatic rings. The van der Waals surface area contributed by atoms with Gasteiger partial charge >= 0.3 is 6.18 Å². The van der Waals surface area contributed by atoms with Crippen LogP contribution in [0.4, 0.5) is 36.2 Å². The molecule has 44 heavy (non-hydrogen) atoms. The minimum atomic E-state index is -4.50. The van der Waals surface area contributed by atoms with Crippen LogP contribution in [0.2, 0.25) is 0 Å². The molecule has 0 bridgehead atoms. The van der Waals surface area contributed by atoms with E-state index in [2.05, 4.69) is 49.2 Å². The van der Waals surface area contributed by atoms with E-state index in [1.165, 1.54) is 6.33 Å². The third kappa shape index (κ3) is 7.03. The van der Waals surface area contributed by atoms with Crippen LogP contribution in [0.3, 0.4) is 0 Å². The number of alkyl halides is 3. The van der Waals surface area contributed by atoms with Gasteiger partial charge in [-0.1, -0.05) is 30.3 Å². The number of rotatable bonds is 8. The Kier molecular flexibility index (Phi) is 9.11. The number of hydrogen-bond acceptors (Lipinski definition) is 9. The quantitative estimate of drug-likeness (QED) is 0.348. The monoisotopic (exact) mass is 611 g/mol. The highest BCUT2D eigenvalue weighted by atomic mass is 19.4. The molecular weight excluding hydrogens is 571 g/mol. The summed E-state index contributed by atoms with van der Waals surface area (Å²) >= 11 is 0. The van der Waals surface area contributed by atoms with Crippen LogP contribution in [0, 0.1) is 0 Å². The van der Waals surface area contributed by atoms with Gasteiger partial charge in [0.1, 0.15) is 17.9 Å². The van der Waals surface area contributed by atoms with Crippen molar-refractivity contribution in [3.8, 4) is 5.75 Å². The third-order valence-corrected chi connectivity index (χ3v) is 8.84. The first-order valence-corrected chi connectivity index (χ1v) is 15.4. The van der Waals surface area contributed by atoms with E-state index in [0.717, 1.165) is 76.7 Å². The van der Waals surface area contributed by atoms with Crippen LogP contribution in [0.15, 0.2) is 60.9 Å². The highest BCUT2D eigenvalue weighted by molar-refractivity contribution is 5.70. The molecule has 0 radical (unpaired) electrons. The van der Waals surface area contributed by atoms with E-state index in [0.29, 0.717) is 30.0 Å². The number of likely N-dealkylation sites (N-methyl/N-ethyl adjacent to an activating group) is 1. The molecule has 3 saturated heterocycles. The lowest BCUT2D eigenvalue weighted by atomic mass is 10.0. The molecule has 2 atom stereocenters. The Labute approximate surface area is 256 Å². The van der Waals surface area contributed by atoms with Crippen molar-refractivity contribution >= 4 is 23.0 Å². The Morgan fingerprint density at radius 1 is 0.932 bits per heavy atom. The van der Waals surface area contributed by atoms with Crippen molar-refractivity contribution in [2.45, 2.75) is 50.6 Å². The van der Waals surface area contributed by atoms with Crippen molar-refractivity contribution in [1.82, 2.24) is 19.8 Å². The number of nitrogens with one attached hydrogen (secondary N) is 1. The van der Waals surface area contributed by atoms with E-state index < -0.39 is 12.3 Å². The van der Waals surface area contributed by atoms with E-state index >= 15 is 0 Å². The van der Waals surface area contributed by atoms with Crippen molar-refractivity contribution in [2.75, 3.05) is 68.2 Å². The van der Waals surface area contributed by atoms with Gasteiger partial charge in [-0.05, 0) is 44.5 Å². The molecule has 0 spiro atoms. The summed E-state index contributed by atoms with van der Waals surface area (Å²) in [6.07, 6.45) is -2.23. The lowest BCUT2D eigenvalue weighted by Gasteiger charge is -2.42. The van der Waals surface area contributed by atoms with Gasteiger partial charge in [0.05, 0.1) is 18.3 Å². The van der Waals surface area contributed by atoms with Crippen LogP contribution in [0.1, 0.15) is 37.8 Å². The van der Waals surface area contributed by atoms with E-state index in [1.54, 1.807) is 23.3 Å². The second-order valence-corrected chi connectivity index (χ2v) is 11.8. The van der Waals surface area contributed by atoms with Gasteiger partial charge in [0, 0.05) is 69.6 Å². The number of piperidine rings is 1. The first kappa shape index (κ1) is 30.4. The normalized spacial score (nSPS) is 21.4. The Morgan fingerprint density at radius 3 is 2.41 bits per heavy atom. The number of anilines is 4. The van der Waals surface area contributed by atoms with Crippen LogP contribution in [0.25, 0.3) is 0 Å². The molecule has 9 nitrogen and oxygen atoms in total. The molecule has 3 aliphatic heterocycles. The predicted octanol–water partition coefficient (Wildman–Crippen LogP) is 5.65. The average Bonchev–Trinajstić information content (AvgIpc) is 3.53. The minimum absolute atomic E-state index is 0.00912. The fourth-order valence-electron chi connectivity index (χ4n) is 6.19. The molecule has 0 amide bonds. The highest BCUT2D eigenvalue weighted by Gasteiger charge is 2.38. The smallest absolute Gasteiger partial charge is 0.425 e. The molecule has 3 aliphatic rings. The van der Waals surface area contributed by atoms with Crippen LogP contribution in [0.5, 0.6) is 5.75 Å². The van der Waals surface area contributed by atoms with Crippen LogP contribution in [-0.2, 0) is 4.84 Å². The van der Waals surface area contributed by atoms with Gasteiger partial charge in [0.2, 0.25) is 0 Å². The Morgan fingerprint density at radius 2 is 1.68 bits per heavy atom. The van der Waals surface area contributed by atoms with E-state index in [1.807, 2.05) is 24.3 Å². The SMILES string of the molecule is CC(Oc1cc(N2CCC(N3CCN(C)CC3)CC2)ccc1Nc1cc(N2OCC[C@@H]2c2ccccc2)ncn1)C(F)(F)F. The first-order chi connectivity index (χ1) is 21.2. The molecule has 0 aliphatic carbocycles. The molecule has 2 aromatic carbocycles. The molecule has 4 heterocycles. The Hall–Kier alpha value is -3.61. The number of aromatic nitrogens is 2. The van der Waals surface area contributed by atoms with E-state index in [4.69, 9.17) is 9.57 Å². The molecule has 0 saturated carbocycles. The van der Waals surface area contributed by atoms with E-state index in [-0.39, 0.29) is 11.8 Å². The summed E-state index contributed by atoms with van der Waals surface area (Å²) < 4.78 is 46.3. The van der Waals surface area contributed by atoms with Crippen molar-refractivity contribution in [1.29, 1.82) is 0 Å². The number of piperazine rings is 1. The maximum atomic E-state index is 13.6. The number of hydrogen-bond donors (Lipinski definition) is 1. The lowest BCUT2D eigenvalue weighted by Crippen LogP contribution is -2.52. The van der Waals surface area contributed by atoms with Gasteiger partial charge in [0.15, 0.2) is 11.9 Å². The molecule has 3 fully saturated rings. The fourth-order valence-corrected chi connectivity index (χ4v) is 6.19. The lowest BCUT2D eigenvalue weighted by molar-refractivity contribution is -0.189. The topological polar surface area (TPSA) is 69.2 Å². The maximum Gasteiger partial charge on any atom is 0.425 e. The first-order valence-electron chi connectivity index (χ1n) is 15.4. The van der Waals surface area contributed by atoms with Crippen LogP contribution >= 0.6 is 0 Å². The zero-order valence-electron chi connectivity index (χ0n) is 25.2. The van der Waals surface area contributed by atoms with Crippen molar-refractivity contribution in [3.63, 3.8) is 0 Å². The highest BCUT2D eigenvalue weighted by Crippen LogP contribution is 2.38. The molecule has 1 unspecified atom stereocenters. The summed E-state index contributed by atoms with van der Waals surface area (Å²) in [5.41, 5.74) is 2.35. The van der Waals surface area contributed by atoms with Gasteiger partial charge in [-0.3, -0.25) is 9.74 Å². The molecule has 12 heteroatoms. The fraction of sp³-hybridized carbons (Fsp3) is 0.500. The van der Waals surface area contributed by atoms with Gasteiger partial charge < -0.3 is 19.9 Å². The zero-order chi connectivity index (χ0) is 30.7. The average molecular weight is 612 g/mol. The third-order valence-electron chi connectivity index (χ3n) is 8.84. The predicted molar refractivity (Wildman–Crippen MR) is 164 cm³/mol. The number of halogens is 3. The minimum Gasteiger partial charge on any atom is -0.479 e. The van der Waals surface area contributed by atoms with Crippen molar-refractivity contribution in [3.05, 3.63) is 66.5 Å². The van der Waals surface area contributed by atoms with Crippen molar-refractivity contribution < 1.29 is 22.7 Å². The molecule has 236 valence electrons. The number of ether oxygens (including phenoxy) is 1. The molecule has 6 rings (SSSR count). The van der Waals surface area contributed by atoms with Gasteiger partial charge in [-0.2, -0.15) is 13.2 Å². The van der Waals surface area contributed by atoms with Crippen LogP contribution in [-0.4, -0.2) is 91.0 Å². The largest absolute Gasteiger partial charge is 0.479 e. The number of nitrogens with zero attached hydrogens (tertiary/aromatic N) is 6. The summed E-state index contributed by atoms with van der Waals surface area (Å²) in [4.78, 5) is 21.8. The molecular formula is C32H40F3N7O2. The maximum absolute atomic E-state index is 13.6. The number of hydroxylamine groups is 1. The van der Waals surface area contributed by atoms with Gasteiger partial charge in [-0.25, -0.2) is 15.0 Å². The summed E-state index contributed by atoms with van der Waals surface area (Å²) in [7, 11) is 2.16.